The maximum Gasteiger partial charge on any atom is 0.210 e. The van der Waals surface area contributed by atoms with Crippen LogP contribution in [0.3, 0.4) is 0 Å². The maximum absolute atomic E-state index is 5.79. The van der Waals surface area contributed by atoms with E-state index in [1.165, 1.54) is 16.4 Å². The van der Waals surface area contributed by atoms with Gasteiger partial charge in [-0.05, 0) is 20.8 Å². The molecule has 19 heavy (non-hydrogen) atoms. The van der Waals surface area contributed by atoms with E-state index in [0.29, 0.717) is 17.6 Å². The van der Waals surface area contributed by atoms with Crippen LogP contribution in [0.4, 0.5) is 0 Å². The number of rotatable bonds is 6. The molecule has 0 amide bonds. The van der Waals surface area contributed by atoms with Gasteiger partial charge in [0.15, 0.2) is 0 Å². The van der Waals surface area contributed by atoms with Crippen LogP contribution in [0.2, 0.25) is 0 Å². The van der Waals surface area contributed by atoms with E-state index in [4.69, 9.17) is 10.6 Å². The largest absolute Gasteiger partial charge is 0.372 e. The normalized spacial score (nSPS) is 12.8. The topological polar surface area (TPSA) is 78.9 Å². The van der Waals surface area contributed by atoms with Crippen molar-refractivity contribution in [3.8, 4) is 0 Å². The summed E-state index contributed by atoms with van der Waals surface area (Å²) in [7, 11) is 0. The molecule has 0 fully saturated rings. The van der Waals surface area contributed by atoms with Gasteiger partial charge in [-0.2, -0.15) is 0 Å². The maximum atomic E-state index is 5.79. The van der Waals surface area contributed by atoms with Crippen LogP contribution in [0.5, 0.6) is 0 Å². The summed E-state index contributed by atoms with van der Waals surface area (Å²) in [6.07, 6.45) is 0.0501. The van der Waals surface area contributed by atoms with Crippen molar-refractivity contribution < 1.29 is 4.74 Å². The molecule has 0 spiro atoms. The predicted octanol–water partition coefficient (Wildman–Crippen LogP) is 2.15. The van der Waals surface area contributed by atoms with Crippen LogP contribution in [-0.2, 0) is 10.5 Å². The van der Waals surface area contributed by atoms with E-state index in [2.05, 4.69) is 15.2 Å². The zero-order valence-corrected chi connectivity index (χ0v) is 12.8. The minimum Gasteiger partial charge on any atom is -0.372 e. The molecule has 1 atom stereocenters. The first kappa shape index (κ1) is 14.3. The fraction of sp³-hybridized carbons (Fsp3) is 0.545. The zero-order valence-electron chi connectivity index (χ0n) is 11.2. The summed E-state index contributed by atoms with van der Waals surface area (Å²) in [5.41, 5.74) is 1.01. The number of nitrogen functional groups attached to an aromatic ring is 1. The first-order valence-electron chi connectivity index (χ1n) is 5.97. The van der Waals surface area contributed by atoms with Crippen molar-refractivity contribution in [2.75, 3.05) is 12.4 Å². The Morgan fingerprint density at radius 1 is 1.53 bits per heavy atom. The molecule has 0 aliphatic heterocycles. The molecule has 0 aliphatic carbocycles. The molecule has 0 aromatic carbocycles. The molecule has 0 saturated heterocycles. The molecule has 0 bridgehead atoms. The van der Waals surface area contributed by atoms with Crippen molar-refractivity contribution in [2.24, 2.45) is 0 Å². The Kier molecular flexibility index (Phi) is 4.78. The van der Waals surface area contributed by atoms with Gasteiger partial charge in [-0.15, -0.1) is 21.5 Å². The summed E-state index contributed by atoms with van der Waals surface area (Å²) < 4.78 is 7.01. The molecule has 2 aromatic heterocycles. The molecule has 2 heterocycles. The summed E-state index contributed by atoms with van der Waals surface area (Å²) in [6.45, 7) is 6.51. The Bertz CT molecular complexity index is 539. The van der Waals surface area contributed by atoms with Crippen molar-refractivity contribution >= 4 is 23.1 Å². The lowest BCUT2D eigenvalue weighted by molar-refractivity contribution is 0.0761. The van der Waals surface area contributed by atoms with E-state index in [1.54, 1.807) is 11.3 Å². The van der Waals surface area contributed by atoms with Crippen molar-refractivity contribution in [3.63, 3.8) is 0 Å². The molecule has 0 aliphatic rings. The quantitative estimate of drug-likeness (QED) is 0.650. The third kappa shape index (κ3) is 3.46. The molecule has 104 valence electrons. The summed E-state index contributed by atoms with van der Waals surface area (Å²) in [5, 5.41) is 11.7. The van der Waals surface area contributed by atoms with Gasteiger partial charge in [-0.25, -0.2) is 9.66 Å². The summed E-state index contributed by atoms with van der Waals surface area (Å²) in [4.78, 5) is 4.55. The number of aromatic nitrogens is 4. The Balaban J connectivity index is 1.95. The van der Waals surface area contributed by atoms with Gasteiger partial charge in [0.1, 0.15) is 16.9 Å². The number of ether oxygens (including phenoxy) is 1. The van der Waals surface area contributed by atoms with Crippen LogP contribution >= 0.6 is 23.1 Å². The molecule has 8 heteroatoms. The number of thiazole rings is 1. The van der Waals surface area contributed by atoms with Crippen LogP contribution in [0.25, 0.3) is 0 Å². The zero-order chi connectivity index (χ0) is 13.8. The van der Waals surface area contributed by atoms with Crippen molar-refractivity contribution in [3.05, 3.63) is 21.9 Å². The average molecular weight is 299 g/mol. The predicted molar refractivity (Wildman–Crippen MR) is 76.6 cm³/mol. The highest BCUT2D eigenvalue weighted by Gasteiger charge is 2.12. The second kappa shape index (κ2) is 6.36. The van der Waals surface area contributed by atoms with Crippen LogP contribution in [0.15, 0.2) is 10.5 Å². The van der Waals surface area contributed by atoms with Gasteiger partial charge < -0.3 is 10.6 Å². The Hall–Kier alpha value is -1.12. The highest BCUT2D eigenvalue weighted by Crippen LogP contribution is 2.25. The molecule has 2 rings (SSSR count). The Morgan fingerprint density at radius 2 is 2.32 bits per heavy atom. The van der Waals surface area contributed by atoms with E-state index in [0.717, 1.165) is 16.5 Å². The van der Waals surface area contributed by atoms with Crippen LogP contribution in [0, 0.1) is 6.92 Å². The minimum atomic E-state index is 0.0501. The Labute approximate surface area is 120 Å². The number of aryl methyl sites for hydroxylation is 1. The van der Waals surface area contributed by atoms with E-state index >= 15 is 0 Å². The monoisotopic (exact) mass is 299 g/mol. The van der Waals surface area contributed by atoms with E-state index in [9.17, 15) is 0 Å². The van der Waals surface area contributed by atoms with Gasteiger partial charge in [0, 0.05) is 17.7 Å². The molecule has 6 nitrogen and oxygen atoms in total. The molecule has 0 radical (unpaired) electrons. The van der Waals surface area contributed by atoms with Gasteiger partial charge in [0.2, 0.25) is 5.16 Å². The molecule has 0 saturated carbocycles. The van der Waals surface area contributed by atoms with Gasteiger partial charge in [0.05, 0.1) is 5.69 Å². The smallest absolute Gasteiger partial charge is 0.210 e. The number of nitrogens with two attached hydrogens (primary N) is 1. The highest BCUT2D eigenvalue weighted by atomic mass is 32.2. The first-order chi connectivity index (χ1) is 9.11. The van der Waals surface area contributed by atoms with Gasteiger partial charge in [-0.1, -0.05) is 11.8 Å². The van der Waals surface area contributed by atoms with E-state index in [1.807, 2.05) is 26.2 Å². The lowest BCUT2D eigenvalue weighted by Gasteiger charge is -2.06. The van der Waals surface area contributed by atoms with Crippen molar-refractivity contribution in [1.29, 1.82) is 0 Å². The fourth-order valence-corrected chi connectivity index (χ4v) is 3.21. The van der Waals surface area contributed by atoms with E-state index in [-0.39, 0.29) is 6.10 Å². The lowest BCUT2D eigenvalue weighted by Crippen LogP contribution is -2.11. The van der Waals surface area contributed by atoms with Crippen LogP contribution in [0.1, 0.15) is 36.5 Å². The summed E-state index contributed by atoms with van der Waals surface area (Å²) >= 11 is 3.15. The number of nitrogens with zero attached hydrogens (tertiary/aromatic N) is 4. The molecule has 0 unspecified atom stereocenters. The van der Waals surface area contributed by atoms with Gasteiger partial charge in [-0.3, -0.25) is 0 Å². The van der Waals surface area contributed by atoms with Crippen LogP contribution in [-0.4, -0.2) is 26.5 Å². The lowest BCUT2D eigenvalue weighted by atomic mass is 10.4. The standard InChI is InChI=1S/C11H17N5OS2/c1-4-17-7(2)10-13-9(5-18-10)6-19-11-15-14-8(3)16(11)12/h5,7H,4,6,12H2,1-3H3/t7-/m0/s1. The second-order valence-electron chi connectivity index (χ2n) is 3.96. The van der Waals surface area contributed by atoms with Gasteiger partial charge in [0.25, 0.3) is 0 Å². The molecular formula is C11H17N5OS2. The van der Waals surface area contributed by atoms with E-state index < -0.39 is 0 Å². The molecule has 2 aromatic rings. The number of thioether (sulfide) groups is 1. The highest BCUT2D eigenvalue weighted by molar-refractivity contribution is 7.98. The third-order valence-electron chi connectivity index (χ3n) is 2.52. The number of hydrogen-bond donors (Lipinski definition) is 1. The minimum absolute atomic E-state index is 0.0501. The first-order valence-corrected chi connectivity index (χ1v) is 7.84. The van der Waals surface area contributed by atoms with Crippen LogP contribution < -0.4 is 5.84 Å². The second-order valence-corrected chi connectivity index (χ2v) is 5.80. The molecule has 2 N–H and O–H groups in total. The third-order valence-corrected chi connectivity index (χ3v) is 4.55. The van der Waals surface area contributed by atoms with Crippen molar-refractivity contribution in [2.45, 2.75) is 37.8 Å². The SMILES string of the molecule is CCO[C@@H](C)c1nc(CSc2nnc(C)n2N)cs1. The Morgan fingerprint density at radius 3 is 2.95 bits per heavy atom. The summed E-state index contributed by atoms with van der Waals surface area (Å²) in [6, 6.07) is 0. The fourth-order valence-electron chi connectivity index (χ4n) is 1.48. The summed E-state index contributed by atoms with van der Waals surface area (Å²) in [5.74, 6) is 7.22. The number of hydrogen-bond acceptors (Lipinski definition) is 7. The average Bonchev–Trinajstić information content (AvgIpc) is 2.97. The van der Waals surface area contributed by atoms with Gasteiger partial charge >= 0.3 is 0 Å². The molecular weight excluding hydrogens is 282 g/mol. The van der Waals surface area contributed by atoms with Crippen molar-refractivity contribution in [1.82, 2.24) is 19.9 Å².